The molecule has 0 saturated carbocycles. The lowest BCUT2D eigenvalue weighted by Crippen LogP contribution is -2.09. The van der Waals surface area contributed by atoms with Gasteiger partial charge in [0.15, 0.2) is 5.78 Å². The van der Waals surface area contributed by atoms with Gasteiger partial charge in [-0.2, -0.15) is 0 Å². The Hall–Kier alpha value is -2.72. The molecule has 120 valence electrons. The van der Waals surface area contributed by atoms with Gasteiger partial charge in [-0.25, -0.2) is 4.79 Å². The highest BCUT2D eigenvalue weighted by molar-refractivity contribution is 7.12. The number of hydrogen-bond acceptors (Lipinski definition) is 3. The Morgan fingerprint density at radius 2 is 1.33 bits per heavy atom. The number of carboxylic acid groups (broad SMARTS) is 1. The smallest absolute Gasteiger partial charge is 0.337 e. The molecule has 1 heterocycles. The van der Waals surface area contributed by atoms with Crippen LogP contribution in [0.4, 0.5) is 0 Å². The monoisotopic (exact) mass is 336 g/mol. The van der Waals surface area contributed by atoms with Gasteiger partial charge < -0.3 is 5.11 Å². The zero-order valence-electron chi connectivity index (χ0n) is 13.4. The highest BCUT2D eigenvalue weighted by Crippen LogP contribution is 2.30. The number of aromatic carboxylic acids is 1. The number of ketones is 1. The number of carbonyl (C=O) groups is 2. The molecule has 1 aromatic heterocycles. The van der Waals surface area contributed by atoms with Gasteiger partial charge in [0.05, 0.1) is 11.1 Å². The standard InChI is InChI=1S/C20H16O3S/c1-12-17(18(20(22)23)13(2)24-12)19(21)16-10-8-15(9-11-16)14-6-4-3-5-7-14/h3-11H,1-2H3,(H,22,23). The topological polar surface area (TPSA) is 54.4 Å². The van der Waals surface area contributed by atoms with Crippen LogP contribution in [0.2, 0.25) is 0 Å². The van der Waals surface area contributed by atoms with Crippen LogP contribution in [0.15, 0.2) is 54.6 Å². The first-order valence-corrected chi connectivity index (χ1v) is 8.34. The van der Waals surface area contributed by atoms with E-state index in [2.05, 4.69) is 0 Å². The van der Waals surface area contributed by atoms with Gasteiger partial charge in [-0.3, -0.25) is 4.79 Å². The van der Waals surface area contributed by atoms with E-state index in [1.807, 2.05) is 42.5 Å². The largest absolute Gasteiger partial charge is 0.478 e. The second-order valence-electron chi connectivity index (χ2n) is 5.54. The molecule has 0 aliphatic carbocycles. The number of aryl methyl sites for hydroxylation is 2. The summed E-state index contributed by atoms with van der Waals surface area (Å²) in [6.07, 6.45) is 0. The molecule has 0 aliphatic heterocycles. The molecule has 1 N–H and O–H groups in total. The number of rotatable bonds is 4. The summed E-state index contributed by atoms with van der Waals surface area (Å²) in [6, 6.07) is 17.2. The molecule has 0 aliphatic rings. The molecule has 3 aromatic rings. The first kappa shape index (κ1) is 16.1. The Morgan fingerprint density at radius 3 is 1.92 bits per heavy atom. The summed E-state index contributed by atoms with van der Waals surface area (Å²) >= 11 is 1.35. The normalized spacial score (nSPS) is 10.6. The van der Waals surface area contributed by atoms with E-state index in [-0.39, 0.29) is 11.3 Å². The van der Waals surface area contributed by atoms with Gasteiger partial charge in [0, 0.05) is 15.3 Å². The van der Waals surface area contributed by atoms with Crippen LogP contribution < -0.4 is 0 Å². The Labute approximate surface area is 144 Å². The van der Waals surface area contributed by atoms with Gasteiger partial charge in [-0.05, 0) is 25.0 Å². The van der Waals surface area contributed by atoms with E-state index in [9.17, 15) is 14.7 Å². The van der Waals surface area contributed by atoms with Gasteiger partial charge in [0.2, 0.25) is 0 Å². The lowest BCUT2D eigenvalue weighted by molar-refractivity contribution is 0.0692. The van der Waals surface area contributed by atoms with Crippen LogP contribution in [0.3, 0.4) is 0 Å². The fraction of sp³-hybridized carbons (Fsp3) is 0.100. The van der Waals surface area contributed by atoms with E-state index in [1.165, 1.54) is 11.3 Å². The molecule has 3 rings (SSSR count). The molecule has 0 radical (unpaired) electrons. The minimum atomic E-state index is -1.05. The fourth-order valence-corrected chi connectivity index (χ4v) is 3.85. The number of hydrogen-bond donors (Lipinski definition) is 1. The fourth-order valence-electron chi connectivity index (χ4n) is 2.80. The summed E-state index contributed by atoms with van der Waals surface area (Å²) in [5, 5.41) is 9.40. The van der Waals surface area contributed by atoms with Crippen molar-refractivity contribution < 1.29 is 14.7 Å². The second kappa shape index (κ2) is 6.42. The molecule has 0 unspecified atom stereocenters. The predicted molar refractivity (Wildman–Crippen MR) is 96.1 cm³/mol. The van der Waals surface area contributed by atoms with E-state index < -0.39 is 5.97 Å². The van der Waals surface area contributed by atoms with E-state index in [0.717, 1.165) is 16.0 Å². The zero-order chi connectivity index (χ0) is 17.3. The molecule has 0 amide bonds. The molecule has 4 heteroatoms. The Morgan fingerprint density at radius 1 is 0.792 bits per heavy atom. The highest BCUT2D eigenvalue weighted by Gasteiger charge is 2.25. The van der Waals surface area contributed by atoms with Crippen LogP contribution in [-0.2, 0) is 0 Å². The van der Waals surface area contributed by atoms with Crippen molar-refractivity contribution in [2.75, 3.05) is 0 Å². The SMILES string of the molecule is Cc1sc(C)c(C(=O)c2ccc(-c3ccccc3)cc2)c1C(=O)O. The van der Waals surface area contributed by atoms with Crippen LogP contribution >= 0.6 is 11.3 Å². The maximum Gasteiger partial charge on any atom is 0.337 e. The molecule has 2 aromatic carbocycles. The van der Waals surface area contributed by atoms with Crippen molar-refractivity contribution in [3.63, 3.8) is 0 Å². The predicted octanol–water partition coefficient (Wildman–Crippen LogP) is 4.96. The van der Waals surface area contributed by atoms with Crippen LogP contribution in [0, 0.1) is 13.8 Å². The lowest BCUT2D eigenvalue weighted by Gasteiger charge is -2.06. The molecule has 0 spiro atoms. The van der Waals surface area contributed by atoms with E-state index >= 15 is 0 Å². The maximum absolute atomic E-state index is 12.8. The first-order chi connectivity index (χ1) is 11.5. The maximum atomic E-state index is 12.8. The third-order valence-electron chi connectivity index (χ3n) is 3.96. The van der Waals surface area contributed by atoms with Gasteiger partial charge in [-0.15, -0.1) is 11.3 Å². The molecule has 0 bridgehead atoms. The zero-order valence-corrected chi connectivity index (χ0v) is 14.2. The van der Waals surface area contributed by atoms with Crippen LogP contribution in [0.25, 0.3) is 11.1 Å². The molecule has 0 saturated heterocycles. The third kappa shape index (κ3) is 2.88. The van der Waals surface area contributed by atoms with Gasteiger partial charge in [0.1, 0.15) is 0 Å². The van der Waals surface area contributed by atoms with Crippen molar-refractivity contribution in [1.29, 1.82) is 0 Å². The number of carbonyl (C=O) groups excluding carboxylic acids is 1. The van der Waals surface area contributed by atoms with E-state index in [1.54, 1.807) is 26.0 Å². The molecule has 0 atom stereocenters. The van der Waals surface area contributed by atoms with E-state index in [0.29, 0.717) is 16.0 Å². The Bertz CT molecular complexity index is 906. The minimum Gasteiger partial charge on any atom is -0.478 e. The van der Waals surface area contributed by atoms with Crippen molar-refractivity contribution >= 4 is 23.1 Å². The number of benzene rings is 2. The lowest BCUT2D eigenvalue weighted by atomic mass is 9.97. The van der Waals surface area contributed by atoms with Crippen molar-refractivity contribution in [3.8, 4) is 11.1 Å². The molecular formula is C20H16O3S. The van der Waals surface area contributed by atoms with Crippen molar-refractivity contribution in [2.24, 2.45) is 0 Å². The minimum absolute atomic E-state index is 0.120. The highest BCUT2D eigenvalue weighted by atomic mass is 32.1. The first-order valence-electron chi connectivity index (χ1n) is 7.52. The van der Waals surface area contributed by atoms with E-state index in [4.69, 9.17) is 0 Å². The summed E-state index contributed by atoms with van der Waals surface area (Å²) < 4.78 is 0. The Balaban J connectivity index is 1.99. The molecule has 0 fully saturated rings. The van der Waals surface area contributed by atoms with Crippen molar-refractivity contribution in [3.05, 3.63) is 81.0 Å². The number of carboxylic acids is 1. The molecule has 24 heavy (non-hydrogen) atoms. The number of thiophene rings is 1. The van der Waals surface area contributed by atoms with Crippen molar-refractivity contribution in [1.82, 2.24) is 0 Å². The average Bonchev–Trinajstić information content (AvgIpc) is 2.89. The van der Waals surface area contributed by atoms with Gasteiger partial charge in [-0.1, -0.05) is 54.6 Å². The molecular weight excluding hydrogens is 320 g/mol. The van der Waals surface area contributed by atoms with Crippen molar-refractivity contribution in [2.45, 2.75) is 13.8 Å². The van der Waals surface area contributed by atoms with Crippen LogP contribution in [-0.4, -0.2) is 16.9 Å². The Kier molecular flexibility index (Phi) is 4.32. The molecule has 3 nitrogen and oxygen atoms in total. The summed E-state index contributed by atoms with van der Waals surface area (Å²) in [5.41, 5.74) is 3.01. The average molecular weight is 336 g/mol. The third-order valence-corrected chi connectivity index (χ3v) is 4.98. The summed E-state index contributed by atoms with van der Waals surface area (Å²) in [6.45, 7) is 3.52. The summed E-state index contributed by atoms with van der Waals surface area (Å²) in [7, 11) is 0. The van der Waals surface area contributed by atoms with Crippen LogP contribution in [0.5, 0.6) is 0 Å². The summed E-state index contributed by atoms with van der Waals surface area (Å²) in [4.78, 5) is 25.7. The van der Waals surface area contributed by atoms with Crippen LogP contribution in [0.1, 0.15) is 36.0 Å². The quantitative estimate of drug-likeness (QED) is 0.685. The van der Waals surface area contributed by atoms with Gasteiger partial charge in [0.25, 0.3) is 0 Å². The van der Waals surface area contributed by atoms with Gasteiger partial charge >= 0.3 is 5.97 Å². The second-order valence-corrected chi connectivity index (χ2v) is 6.97. The summed E-state index contributed by atoms with van der Waals surface area (Å²) in [5.74, 6) is -1.30.